The Hall–Kier alpha value is -3.46. The molecule has 0 radical (unpaired) electrons. The Labute approximate surface area is 158 Å². The predicted molar refractivity (Wildman–Crippen MR) is 99.4 cm³/mol. The number of amides is 2. The van der Waals surface area contributed by atoms with Gasteiger partial charge in [0, 0.05) is 6.20 Å². The Morgan fingerprint density at radius 2 is 1.93 bits per heavy atom. The minimum atomic E-state index is -0.685. The molecule has 2 aromatic heterocycles. The van der Waals surface area contributed by atoms with E-state index in [4.69, 9.17) is 10.5 Å². The molecular formula is C18H16N4O4S. The summed E-state index contributed by atoms with van der Waals surface area (Å²) in [6.45, 7) is -0.838. The van der Waals surface area contributed by atoms with Crippen LogP contribution in [0.5, 0.6) is 0 Å². The van der Waals surface area contributed by atoms with Crippen molar-refractivity contribution in [2.24, 2.45) is 5.73 Å². The highest BCUT2D eigenvalue weighted by atomic mass is 32.1. The summed E-state index contributed by atoms with van der Waals surface area (Å²) in [5.41, 5.74) is 6.44. The van der Waals surface area contributed by atoms with Gasteiger partial charge in [0.05, 0.1) is 17.1 Å². The molecule has 0 unspecified atom stereocenters. The summed E-state index contributed by atoms with van der Waals surface area (Å²) in [4.78, 5) is 35.6. The number of hydrogen-bond donors (Lipinski definition) is 2. The van der Waals surface area contributed by atoms with Gasteiger partial charge < -0.3 is 15.8 Å². The number of ether oxygens (including phenoxy) is 1. The van der Waals surface area contributed by atoms with Crippen LogP contribution >= 0.6 is 11.3 Å². The third-order valence-electron chi connectivity index (χ3n) is 3.50. The normalized spacial score (nSPS) is 10.4. The maximum atomic E-state index is 12.5. The van der Waals surface area contributed by atoms with E-state index in [1.165, 1.54) is 11.3 Å². The monoisotopic (exact) mass is 384 g/mol. The van der Waals surface area contributed by atoms with Gasteiger partial charge in [0.25, 0.3) is 5.91 Å². The van der Waals surface area contributed by atoms with Gasteiger partial charge in [0.15, 0.2) is 6.61 Å². The van der Waals surface area contributed by atoms with Crippen LogP contribution in [-0.2, 0) is 14.3 Å². The average Bonchev–Trinajstić information content (AvgIpc) is 3.34. The van der Waals surface area contributed by atoms with E-state index in [1.54, 1.807) is 10.9 Å². The number of rotatable bonds is 7. The molecule has 0 fully saturated rings. The Morgan fingerprint density at radius 3 is 2.59 bits per heavy atom. The molecule has 0 saturated carbocycles. The number of carbonyl (C=O) groups is 3. The lowest BCUT2D eigenvalue weighted by atomic mass is 10.2. The minimum Gasteiger partial charge on any atom is -0.452 e. The molecule has 0 aliphatic heterocycles. The molecular weight excluding hydrogens is 368 g/mol. The zero-order valence-corrected chi connectivity index (χ0v) is 14.9. The molecule has 3 rings (SSSR count). The standard InChI is InChI=1S/C18H16N4O4S/c19-15(23)9-20-16(24)11-26-18(25)13-10-22(12-5-2-1-3-6-12)21-17(13)14-7-4-8-27-14/h1-8,10H,9,11H2,(H2,19,23)(H,20,24). The Balaban J connectivity index is 1.81. The molecule has 2 amide bonds. The number of nitrogens with zero attached hydrogens (tertiary/aromatic N) is 2. The molecule has 1 aromatic carbocycles. The molecule has 0 bridgehead atoms. The smallest absolute Gasteiger partial charge is 0.342 e. The van der Waals surface area contributed by atoms with Crippen LogP contribution in [0, 0.1) is 0 Å². The number of aromatic nitrogens is 2. The first kappa shape index (κ1) is 18.3. The second-order valence-electron chi connectivity index (χ2n) is 5.47. The predicted octanol–water partition coefficient (Wildman–Crippen LogP) is 1.36. The first-order valence-corrected chi connectivity index (χ1v) is 8.83. The summed E-state index contributed by atoms with van der Waals surface area (Å²) in [7, 11) is 0. The third kappa shape index (κ3) is 4.59. The summed E-state index contributed by atoms with van der Waals surface area (Å²) >= 11 is 1.44. The number of carbonyl (C=O) groups excluding carboxylic acids is 3. The minimum absolute atomic E-state index is 0.240. The van der Waals surface area contributed by atoms with Crippen LogP contribution in [0.2, 0.25) is 0 Å². The lowest BCUT2D eigenvalue weighted by molar-refractivity contribution is -0.127. The van der Waals surface area contributed by atoms with Crippen LogP contribution in [0.3, 0.4) is 0 Å². The van der Waals surface area contributed by atoms with Crippen LogP contribution in [-0.4, -0.2) is 40.7 Å². The lowest BCUT2D eigenvalue weighted by Gasteiger charge is -2.04. The van der Waals surface area contributed by atoms with Gasteiger partial charge in [-0.1, -0.05) is 24.3 Å². The van der Waals surface area contributed by atoms with Crippen molar-refractivity contribution in [3.8, 4) is 16.3 Å². The van der Waals surface area contributed by atoms with Gasteiger partial charge in [-0.3, -0.25) is 9.59 Å². The molecule has 138 valence electrons. The van der Waals surface area contributed by atoms with Gasteiger partial charge >= 0.3 is 5.97 Å². The molecule has 27 heavy (non-hydrogen) atoms. The highest BCUT2D eigenvalue weighted by Crippen LogP contribution is 2.28. The van der Waals surface area contributed by atoms with Crippen molar-refractivity contribution in [3.63, 3.8) is 0 Å². The van der Waals surface area contributed by atoms with Crippen molar-refractivity contribution in [1.82, 2.24) is 15.1 Å². The Morgan fingerprint density at radius 1 is 1.15 bits per heavy atom. The Kier molecular flexibility index (Phi) is 5.62. The molecule has 9 heteroatoms. The van der Waals surface area contributed by atoms with Gasteiger partial charge in [-0.2, -0.15) is 5.10 Å². The molecule has 3 N–H and O–H groups in total. The van der Waals surface area contributed by atoms with Crippen molar-refractivity contribution in [3.05, 3.63) is 59.6 Å². The van der Waals surface area contributed by atoms with E-state index in [0.29, 0.717) is 5.69 Å². The second-order valence-corrected chi connectivity index (χ2v) is 6.42. The van der Waals surface area contributed by atoms with E-state index >= 15 is 0 Å². The molecule has 0 aliphatic rings. The van der Waals surface area contributed by atoms with Crippen LogP contribution in [0.1, 0.15) is 10.4 Å². The largest absolute Gasteiger partial charge is 0.452 e. The lowest BCUT2D eigenvalue weighted by Crippen LogP contribution is -2.36. The van der Waals surface area contributed by atoms with Crippen molar-refractivity contribution in [2.45, 2.75) is 0 Å². The molecule has 0 spiro atoms. The molecule has 0 atom stereocenters. The fourth-order valence-electron chi connectivity index (χ4n) is 2.28. The van der Waals surface area contributed by atoms with E-state index in [9.17, 15) is 14.4 Å². The zero-order chi connectivity index (χ0) is 19.2. The maximum absolute atomic E-state index is 12.5. The topological polar surface area (TPSA) is 116 Å². The summed E-state index contributed by atoms with van der Waals surface area (Å²) in [6.07, 6.45) is 1.56. The fraction of sp³-hybridized carbons (Fsp3) is 0.111. The molecule has 0 saturated heterocycles. The summed E-state index contributed by atoms with van der Waals surface area (Å²) in [6, 6.07) is 13.0. The quantitative estimate of drug-likeness (QED) is 0.597. The van der Waals surface area contributed by atoms with Crippen LogP contribution in [0.25, 0.3) is 16.3 Å². The average molecular weight is 384 g/mol. The number of nitrogens with one attached hydrogen (secondary N) is 1. The number of nitrogens with two attached hydrogens (primary N) is 1. The van der Waals surface area contributed by atoms with E-state index in [0.717, 1.165) is 10.6 Å². The van der Waals surface area contributed by atoms with Gasteiger partial charge in [-0.05, 0) is 23.6 Å². The fourth-order valence-corrected chi connectivity index (χ4v) is 3.00. The number of para-hydroxylation sites is 1. The molecule has 0 aliphatic carbocycles. The Bertz CT molecular complexity index is 951. The van der Waals surface area contributed by atoms with Crippen molar-refractivity contribution < 1.29 is 19.1 Å². The third-order valence-corrected chi connectivity index (χ3v) is 4.38. The van der Waals surface area contributed by atoms with Gasteiger partial charge in [-0.25, -0.2) is 9.48 Å². The van der Waals surface area contributed by atoms with Gasteiger partial charge in [0.1, 0.15) is 11.3 Å². The second kappa shape index (κ2) is 8.28. The number of hydrogen-bond acceptors (Lipinski definition) is 6. The van der Waals surface area contributed by atoms with Crippen molar-refractivity contribution in [2.75, 3.05) is 13.2 Å². The van der Waals surface area contributed by atoms with E-state index in [1.807, 2.05) is 47.8 Å². The van der Waals surface area contributed by atoms with E-state index < -0.39 is 24.4 Å². The summed E-state index contributed by atoms with van der Waals surface area (Å²) in [5, 5.41) is 8.63. The zero-order valence-electron chi connectivity index (χ0n) is 14.1. The van der Waals surface area contributed by atoms with Crippen molar-refractivity contribution >= 4 is 29.1 Å². The number of benzene rings is 1. The molecule has 3 aromatic rings. The highest BCUT2D eigenvalue weighted by molar-refractivity contribution is 7.13. The molecule has 2 heterocycles. The summed E-state index contributed by atoms with van der Waals surface area (Å²) in [5.74, 6) is -1.98. The van der Waals surface area contributed by atoms with Gasteiger partial charge in [-0.15, -0.1) is 11.3 Å². The van der Waals surface area contributed by atoms with Gasteiger partial charge in [0.2, 0.25) is 5.91 Å². The van der Waals surface area contributed by atoms with Crippen LogP contribution in [0.4, 0.5) is 0 Å². The number of primary amides is 1. The summed E-state index contributed by atoms with van der Waals surface area (Å²) < 4.78 is 6.64. The van der Waals surface area contributed by atoms with Crippen LogP contribution in [0.15, 0.2) is 54.0 Å². The van der Waals surface area contributed by atoms with Crippen LogP contribution < -0.4 is 11.1 Å². The SMILES string of the molecule is NC(=O)CNC(=O)COC(=O)c1cn(-c2ccccc2)nc1-c1cccs1. The maximum Gasteiger partial charge on any atom is 0.342 e. The number of esters is 1. The first-order chi connectivity index (χ1) is 13.0. The first-order valence-electron chi connectivity index (χ1n) is 7.95. The van der Waals surface area contributed by atoms with E-state index in [-0.39, 0.29) is 12.1 Å². The van der Waals surface area contributed by atoms with E-state index in [2.05, 4.69) is 10.4 Å². The van der Waals surface area contributed by atoms with Crippen molar-refractivity contribution in [1.29, 1.82) is 0 Å². The highest BCUT2D eigenvalue weighted by Gasteiger charge is 2.21. The number of thiophene rings is 1. The molecule has 8 nitrogen and oxygen atoms in total.